The monoisotopic (exact) mass is 307 g/mol. The Balaban J connectivity index is 1.60. The molecule has 3 aliphatic rings. The summed E-state index contributed by atoms with van der Waals surface area (Å²) in [5.74, 6) is 0.673. The topological polar surface area (TPSA) is 69.7 Å². The minimum atomic E-state index is -0.362. The summed E-state index contributed by atoms with van der Waals surface area (Å²) in [6.07, 6.45) is 5.12. The fourth-order valence-electron chi connectivity index (χ4n) is 3.71. The Kier molecular flexibility index (Phi) is 4.10. The van der Waals surface area contributed by atoms with E-state index in [-0.39, 0.29) is 29.7 Å². The number of carbonyl (C=O) groups is 3. The standard InChI is InChI=1S/C16H25N3O3/c1-12(20)17-9-14(21)19-7-2-5-16(11-19)6-8-18(15(16)22)10-13-3-4-13/h13H,2-11H2,1H3,(H,17,20)/t16-/m1/s1. The number of rotatable bonds is 4. The van der Waals surface area contributed by atoms with Crippen molar-refractivity contribution >= 4 is 17.7 Å². The van der Waals surface area contributed by atoms with E-state index in [1.54, 1.807) is 4.90 Å². The lowest BCUT2D eigenvalue weighted by Gasteiger charge is -2.39. The van der Waals surface area contributed by atoms with Gasteiger partial charge in [-0.1, -0.05) is 0 Å². The molecule has 2 saturated heterocycles. The molecule has 6 nitrogen and oxygen atoms in total. The third-order valence-corrected chi connectivity index (χ3v) is 5.19. The van der Waals surface area contributed by atoms with Crippen LogP contribution in [0.15, 0.2) is 0 Å². The van der Waals surface area contributed by atoms with Gasteiger partial charge in [-0.05, 0) is 38.0 Å². The van der Waals surface area contributed by atoms with E-state index in [9.17, 15) is 14.4 Å². The van der Waals surface area contributed by atoms with Crippen molar-refractivity contribution in [3.63, 3.8) is 0 Å². The van der Waals surface area contributed by atoms with E-state index >= 15 is 0 Å². The summed E-state index contributed by atoms with van der Waals surface area (Å²) in [4.78, 5) is 39.7. The van der Waals surface area contributed by atoms with Gasteiger partial charge >= 0.3 is 0 Å². The predicted octanol–water partition coefficient (Wildman–Crippen LogP) is 0.374. The van der Waals surface area contributed by atoms with E-state index in [4.69, 9.17) is 0 Å². The summed E-state index contributed by atoms with van der Waals surface area (Å²) in [5, 5.41) is 2.55. The van der Waals surface area contributed by atoms with Crippen LogP contribution in [0.5, 0.6) is 0 Å². The van der Waals surface area contributed by atoms with Crippen molar-refractivity contribution in [3.8, 4) is 0 Å². The predicted molar refractivity (Wildman–Crippen MR) is 80.9 cm³/mol. The summed E-state index contributed by atoms with van der Waals surface area (Å²) < 4.78 is 0. The number of hydrogen-bond donors (Lipinski definition) is 1. The number of piperidine rings is 1. The number of hydrogen-bond acceptors (Lipinski definition) is 3. The van der Waals surface area contributed by atoms with Crippen LogP contribution in [-0.4, -0.2) is 60.2 Å². The van der Waals surface area contributed by atoms with Crippen molar-refractivity contribution in [2.24, 2.45) is 11.3 Å². The first-order valence-electron chi connectivity index (χ1n) is 8.32. The second kappa shape index (κ2) is 5.89. The van der Waals surface area contributed by atoms with Gasteiger partial charge in [-0.15, -0.1) is 0 Å². The summed E-state index contributed by atoms with van der Waals surface area (Å²) in [6.45, 7) is 4.39. The van der Waals surface area contributed by atoms with E-state index in [0.717, 1.165) is 32.4 Å². The second-order valence-electron chi connectivity index (χ2n) is 7.05. The van der Waals surface area contributed by atoms with Gasteiger partial charge in [0.1, 0.15) is 0 Å². The van der Waals surface area contributed by atoms with E-state index in [2.05, 4.69) is 5.32 Å². The highest BCUT2D eigenvalue weighted by Gasteiger charge is 2.50. The van der Waals surface area contributed by atoms with Crippen molar-refractivity contribution < 1.29 is 14.4 Å². The Morgan fingerprint density at radius 2 is 2.05 bits per heavy atom. The zero-order valence-corrected chi connectivity index (χ0v) is 13.3. The zero-order chi connectivity index (χ0) is 15.7. The van der Waals surface area contributed by atoms with Crippen LogP contribution in [0.25, 0.3) is 0 Å². The highest BCUT2D eigenvalue weighted by Crippen LogP contribution is 2.42. The molecule has 1 spiro atoms. The third-order valence-electron chi connectivity index (χ3n) is 5.19. The van der Waals surface area contributed by atoms with Gasteiger partial charge in [0.25, 0.3) is 0 Å². The van der Waals surface area contributed by atoms with Crippen molar-refractivity contribution in [2.75, 3.05) is 32.7 Å². The molecule has 3 rings (SSSR count). The molecule has 2 heterocycles. The molecule has 3 amide bonds. The molecule has 1 aliphatic carbocycles. The molecule has 0 aromatic carbocycles. The molecule has 2 aliphatic heterocycles. The van der Waals surface area contributed by atoms with Crippen LogP contribution in [0.3, 0.4) is 0 Å². The normalized spacial score (nSPS) is 28.3. The fourth-order valence-corrected chi connectivity index (χ4v) is 3.71. The summed E-state index contributed by atoms with van der Waals surface area (Å²) in [6, 6.07) is 0. The van der Waals surface area contributed by atoms with Crippen molar-refractivity contribution in [1.82, 2.24) is 15.1 Å². The molecule has 3 fully saturated rings. The van der Waals surface area contributed by atoms with Crippen LogP contribution < -0.4 is 5.32 Å². The van der Waals surface area contributed by atoms with Crippen LogP contribution in [0.2, 0.25) is 0 Å². The molecule has 22 heavy (non-hydrogen) atoms. The van der Waals surface area contributed by atoms with Gasteiger partial charge < -0.3 is 15.1 Å². The fraction of sp³-hybridized carbons (Fsp3) is 0.812. The SMILES string of the molecule is CC(=O)NCC(=O)N1CCC[C@@]2(CCN(CC3CC3)C2=O)C1. The zero-order valence-electron chi connectivity index (χ0n) is 13.3. The van der Waals surface area contributed by atoms with Gasteiger partial charge in [0, 0.05) is 33.1 Å². The molecule has 1 atom stereocenters. The smallest absolute Gasteiger partial charge is 0.241 e. The first-order valence-corrected chi connectivity index (χ1v) is 8.32. The third kappa shape index (κ3) is 3.10. The van der Waals surface area contributed by atoms with Gasteiger partial charge in [-0.2, -0.15) is 0 Å². The molecule has 0 radical (unpaired) electrons. The number of amides is 3. The molecule has 122 valence electrons. The minimum absolute atomic E-state index is 0.0331. The quantitative estimate of drug-likeness (QED) is 0.816. The maximum atomic E-state index is 12.8. The lowest BCUT2D eigenvalue weighted by molar-refractivity contribution is -0.143. The first kappa shape index (κ1) is 15.3. The lowest BCUT2D eigenvalue weighted by atomic mass is 9.78. The van der Waals surface area contributed by atoms with E-state index in [1.807, 2.05) is 4.90 Å². The molecule has 6 heteroatoms. The summed E-state index contributed by atoms with van der Waals surface area (Å²) in [7, 11) is 0. The largest absolute Gasteiger partial charge is 0.347 e. The van der Waals surface area contributed by atoms with E-state index < -0.39 is 0 Å². The van der Waals surface area contributed by atoms with E-state index in [1.165, 1.54) is 19.8 Å². The van der Waals surface area contributed by atoms with Crippen LogP contribution in [-0.2, 0) is 14.4 Å². The molecule has 1 N–H and O–H groups in total. The van der Waals surface area contributed by atoms with Gasteiger partial charge in [-0.3, -0.25) is 14.4 Å². The van der Waals surface area contributed by atoms with Crippen LogP contribution >= 0.6 is 0 Å². The minimum Gasteiger partial charge on any atom is -0.347 e. The molecule has 1 saturated carbocycles. The van der Waals surface area contributed by atoms with Gasteiger partial charge in [-0.25, -0.2) is 0 Å². The van der Waals surface area contributed by atoms with Gasteiger partial charge in [0.05, 0.1) is 12.0 Å². The average molecular weight is 307 g/mol. The maximum Gasteiger partial charge on any atom is 0.241 e. The Labute approximate surface area is 131 Å². The molecular formula is C16H25N3O3. The van der Waals surface area contributed by atoms with Crippen LogP contribution in [0.1, 0.15) is 39.0 Å². The summed E-state index contributed by atoms with van der Waals surface area (Å²) >= 11 is 0. The Hall–Kier alpha value is -1.59. The van der Waals surface area contributed by atoms with Crippen LogP contribution in [0, 0.1) is 11.3 Å². The highest BCUT2D eigenvalue weighted by molar-refractivity contribution is 5.87. The molecule has 0 bridgehead atoms. The van der Waals surface area contributed by atoms with Crippen molar-refractivity contribution in [2.45, 2.75) is 39.0 Å². The number of nitrogens with one attached hydrogen (secondary N) is 1. The molecular weight excluding hydrogens is 282 g/mol. The van der Waals surface area contributed by atoms with Gasteiger partial charge in [0.15, 0.2) is 0 Å². The molecule has 0 aromatic heterocycles. The second-order valence-corrected chi connectivity index (χ2v) is 7.05. The Morgan fingerprint density at radius 3 is 2.73 bits per heavy atom. The number of carbonyl (C=O) groups excluding carboxylic acids is 3. The number of likely N-dealkylation sites (tertiary alicyclic amines) is 2. The van der Waals surface area contributed by atoms with E-state index in [0.29, 0.717) is 19.0 Å². The van der Waals surface area contributed by atoms with Crippen molar-refractivity contribution in [3.05, 3.63) is 0 Å². The van der Waals surface area contributed by atoms with Crippen molar-refractivity contribution in [1.29, 1.82) is 0 Å². The molecule has 0 unspecified atom stereocenters. The number of nitrogens with zero attached hydrogens (tertiary/aromatic N) is 2. The molecule has 0 aromatic rings. The highest BCUT2D eigenvalue weighted by atomic mass is 16.2. The first-order chi connectivity index (χ1) is 10.5. The van der Waals surface area contributed by atoms with Gasteiger partial charge in [0.2, 0.25) is 17.7 Å². The Bertz CT molecular complexity index is 489. The average Bonchev–Trinajstić information content (AvgIpc) is 3.27. The maximum absolute atomic E-state index is 12.8. The lowest BCUT2D eigenvalue weighted by Crippen LogP contribution is -2.52. The van der Waals surface area contributed by atoms with Crippen LogP contribution in [0.4, 0.5) is 0 Å². The Morgan fingerprint density at radius 1 is 1.27 bits per heavy atom. The summed E-state index contributed by atoms with van der Waals surface area (Å²) in [5.41, 5.74) is -0.362.